The minimum absolute atomic E-state index is 0.0299. The van der Waals surface area contributed by atoms with E-state index in [0.29, 0.717) is 24.4 Å². The number of hydrogen-bond acceptors (Lipinski definition) is 4. The monoisotopic (exact) mass is 275 g/mol. The minimum Gasteiger partial charge on any atom is -0.399 e. The number of nitrogens with two attached hydrogens (primary N) is 1. The summed E-state index contributed by atoms with van der Waals surface area (Å²) in [6.45, 7) is 2.02. The number of hydrogen-bond donors (Lipinski definition) is 2. The average Bonchev–Trinajstić information content (AvgIpc) is 2.91. The molecule has 1 aromatic rings. The lowest BCUT2D eigenvalue weighted by Crippen LogP contribution is -2.51. The number of rotatable bonds is 3. The van der Waals surface area contributed by atoms with Crippen molar-refractivity contribution in [3.8, 4) is 0 Å². The van der Waals surface area contributed by atoms with Crippen molar-refractivity contribution in [3.63, 3.8) is 0 Å². The molecule has 2 atom stereocenters. The van der Waals surface area contributed by atoms with E-state index >= 15 is 0 Å². The Morgan fingerprint density at radius 3 is 2.95 bits per heavy atom. The van der Waals surface area contributed by atoms with Gasteiger partial charge in [-0.3, -0.25) is 9.69 Å². The Kier molecular flexibility index (Phi) is 3.89. The third-order valence-corrected chi connectivity index (χ3v) is 4.14. The summed E-state index contributed by atoms with van der Waals surface area (Å²) in [4.78, 5) is 14.4. The summed E-state index contributed by atoms with van der Waals surface area (Å²) in [6, 6.07) is 7.64. The van der Waals surface area contributed by atoms with Gasteiger partial charge >= 0.3 is 0 Å². The number of fused-ring (bicyclic) bond motifs is 1. The van der Waals surface area contributed by atoms with Gasteiger partial charge in [-0.25, -0.2) is 0 Å². The van der Waals surface area contributed by atoms with Crippen LogP contribution in [0.4, 0.5) is 11.4 Å². The molecule has 1 heterocycles. The van der Waals surface area contributed by atoms with Crippen LogP contribution in [0.1, 0.15) is 19.3 Å². The number of morpholine rings is 1. The Balaban J connectivity index is 1.57. The number of ether oxygens (including phenoxy) is 1. The highest BCUT2D eigenvalue weighted by molar-refractivity contribution is 5.92. The number of carbonyl (C=O) groups is 1. The molecular formula is C15H21N3O2. The molecule has 3 N–H and O–H groups in total. The van der Waals surface area contributed by atoms with Gasteiger partial charge in [0.25, 0.3) is 0 Å². The summed E-state index contributed by atoms with van der Waals surface area (Å²) in [5, 5.41) is 2.92. The number of amides is 1. The Morgan fingerprint density at radius 1 is 1.35 bits per heavy atom. The highest BCUT2D eigenvalue weighted by Crippen LogP contribution is 2.29. The number of anilines is 2. The van der Waals surface area contributed by atoms with Gasteiger partial charge in [0.1, 0.15) is 0 Å². The number of nitrogen functional groups attached to an aromatic ring is 1. The van der Waals surface area contributed by atoms with Crippen LogP contribution in [-0.2, 0) is 9.53 Å². The second-order valence-corrected chi connectivity index (χ2v) is 5.55. The zero-order chi connectivity index (χ0) is 13.9. The molecule has 1 amide bonds. The van der Waals surface area contributed by atoms with Crippen LogP contribution in [0.5, 0.6) is 0 Å². The van der Waals surface area contributed by atoms with E-state index in [4.69, 9.17) is 10.5 Å². The van der Waals surface area contributed by atoms with Crippen molar-refractivity contribution in [1.29, 1.82) is 0 Å². The molecule has 0 aromatic heterocycles. The van der Waals surface area contributed by atoms with E-state index in [1.165, 1.54) is 6.42 Å². The van der Waals surface area contributed by atoms with Crippen LogP contribution in [0, 0.1) is 0 Å². The van der Waals surface area contributed by atoms with Crippen LogP contribution in [0.15, 0.2) is 24.3 Å². The molecule has 0 spiro atoms. The maximum absolute atomic E-state index is 12.1. The van der Waals surface area contributed by atoms with Crippen LogP contribution in [0.3, 0.4) is 0 Å². The molecule has 3 rings (SSSR count). The molecule has 2 aliphatic rings. The molecule has 1 aliphatic heterocycles. The molecule has 0 radical (unpaired) electrons. The van der Waals surface area contributed by atoms with Gasteiger partial charge in [-0.1, -0.05) is 0 Å². The van der Waals surface area contributed by atoms with Gasteiger partial charge in [-0.15, -0.1) is 0 Å². The molecule has 5 heteroatoms. The van der Waals surface area contributed by atoms with Crippen molar-refractivity contribution in [2.75, 3.05) is 30.7 Å². The van der Waals surface area contributed by atoms with E-state index in [0.717, 1.165) is 31.7 Å². The molecule has 2 unspecified atom stereocenters. The van der Waals surface area contributed by atoms with Gasteiger partial charge in [0.05, 0.1) is 19.3 Å². The third kappa shape index (κ3) is 2.94. The SMILES string of the molecule is Nc1ccc(NC(=O)CN2CCOC3CCCC32)cc1. The van der Waals surface area contributed by atoms with Crippen molar-refractivity contribution in [3.05, 3.63) is 24.3 Å². The first-order valence-corrected chi connectivity index (χ1v) is 7.23. The summed E-state index contributed by atoms with van der Waals surface area (Å²) in [5.74, 6) is 0.0299. The third-order valence-electron chi connectivity index (χ3n) is 4.14. The number of benzene rings is 1. The normalized spacial score (nSPS) is 26.2. The lowest BCUT2D eigenvalue weighted by molar-refractivity contribution is -0.121. The number of carbonyl (C=O) groups excluding carboxylic acids is 1. The largest absolute Gasteiger partial charge is 0.399 e. The van der Waals surface area contributed by atoms with Gasteiger partial charge in [0, 0.05) is 24.0 Å². The highest BCUT2D eigenvalue weighted by atomic mass is 16.5. The lowest BCUT2D eigenvalue weighted by Gasteiger charge is -2.37. The second-order valence-electron chi connectivity index (χ2n) is 5.55. The predicted octanol–water partition coefficient (Wildman–Crippen LogP) is 1.46. The summed E-state index contributed by atoms with van der Waals surface area (Å²) in [6.07, 6.45) is 3.79. The standard InChI is InChI=1S/C15H21N3O2/c16-11-4-6-12(7-5-11)17-15(19)10-18-8-9-20-14-3-1-2-13(14)18/h4-7,13-14H,1-3,8-10,16H2,(H,17,19). The van der Waals surface area contributed by atoms with Crippen LogP contribution in [0.25, 0.3) is 0 Å². The maximum Gasteiger partial charge on any atom is 0.238 e. The summed E-state index contributed by atoms with van der Waals surface area (Å²) in [7, 11) is 0. The molecular weight excluding hydrogens is 254 g/mol. The molecule has 1 saturated carbocycles. The molecule has 0 bridgehead atoms. The Bertz CT molecular complexity index is 475. The van der Waals surface area contributed by atoms with Crippen LogP contribution >= 0.6 is 0 Å². The summed E-state index contributed by atoms with van der Waals surface area (Å²) in [5.41, 5.74) is 7.12. The predicted molar refractivity (Wildman–Crippen MR) is 78.4 cm³/mol. The molecule has 1 aliphatic carbocycles. The maximum atomic E-state index is 12.1. The van der Waals surface area contributed by atoms with Gasteiger partial charge in [-0.05, 0) is 43.5 Å². The highest BCUT2D eigenvalue weighted by Gasteiger charge is 2.36. The fourth-order valence-corrected chi connectivity index (χ4v) is 3.15. The quantitative estimate of drug-likeness (QED) is 0.820. The molecule has 20 heavy (non-hydrogen) atoms. The van der Waals surface area contributed by atoms with Crippen LogP contribution < -0.4 is 11.1 Å². The van der Waals surface area contributed by atoms with Gasteiger partial charge < -0.3 is 15.8 Å². The average molecular weight is 275 g/mol. The van der Waals surface area contributed by atoms with Crippen molar-refractivity contribution >= 4 is 17.3 Å². The zero-order valence-corrected chi connectivity index (χ0v) is 11.5. The minimum atomic E-state index is 0.0299. The van der Waals surface area contributed by atoms with Crippen molar-refractivity contribution in [1.82, 2.24) is 4.90 Å². The zero-order valence-electron chi connectivity index (χ0n) is 11.5. The Labute approximate surface area is 119 Å². The smallest absolute Gasteiger partial charge is 0.238 e. The van der Waals surface area contributed by atoms with Crippen molar-refractivity contribution in [2.24, 2.45) is 0 Å². The van der Waals surface area contributed by atoms with Gasteiger partial charge in [-0.2, -0.15) is 0 Å². The fraction of sp³-hybridized carbons (Fsp3) is 0.533. The molecule has 1 aromatic carbocycles. The number of nitrogens with zero attached hydrogens (tertiary/aromatic N) is 1. The van der Waals surface area contributed by atoms with Crippen LogP contribution in [0.2, 0.25) is 0 Å². The first kappa shape index (κ1) is 13.4. The van der Waals surface area contributed by atoms with Crippen molar-refractivity contribution in [2.45, 2.75) is 31.4 Å². The van der Waals surface area contributed by atoms with Crippen LogP contribution in [-0.4, -0.2) is 42.6 Å². The first-order valence-electron chi connectivity index (χ1n) is 7.23. The van der Waals surface area contributed by atoms with E-state index in [2.05, 4.69) is 10.2 Å². The summed E-state index contributed by atoms with van der Waals surface area (Å²) >= 11 is 0. The van der Waals surface area contributed by atoms with E-state index < -0.39 is 0 Å². The van der Waals surface area contributed by atoms with E-state index in [1.54, 1.807) is 12.1 Å². The molecule has 2 fully saturated rings. The molecule has 108 valence electrons. The second kappa shape index (κ2) is 5.81. The first-order chi connectivity index (χ1) is 9.72. The fourth-order valence-electron chi connectivity index (χ4n) is 3.15. The van der Waals surface area contributed by atoms with E-state index in [1.807, 2.05) is 12.1 Å². The topological polar surface area (TPSA) is 67.6 Å². The summed E-state index contributed by atoms with van der Waals surface area (Å²) < 4.78 is 5.76. The van der Waals surface area contributed by atoms with E-state index in [-0.39, 0.29) is 5.91 Å². The molecule has 5 nitrogen and oxygen atoms in total. The van der Waals surface area contributed by atoms with Gasteiger partial charge in [0.2, 0.25) is 5.91 Å². The van der Waals surface area contributed by atoms with E-state index in [9.17, 15) is 4.79 Å². The Hall–Kier alpha value is -1.59. The number of nitrogens with one attached hydrogen (secondary N) is 1. The van der Waals surface area contributed by atoms with Crippen molar-refractivity contribution < 1.29 is 9.53 Å². The lowest BCUT2D eigenvalue weighted by atomic mass is 10.1. The Morgan fingerprint density at radius 2 is 2.15 bits per heavy atom. The molecule has 1 saturated heterocycles. The van der Waals surface area contributed by atoms with Gasteiger partial charge in [0.15, 0.2) is 0 Å².